The number of aromatic nitrogens is 1. The predicted molar refractivity (Wildman–Crippen MR) is 75.5 cm³/mol. The monoisotopic (exact) mass is 294 g/mol. The Morgan fingerprint density at radius 2 is 2.10 bits per heavy atom. The van der Waals surface area contributed by atoms with Crippen LogP contribution in [-0.2, 0) is 6.54 Å². The highest BCUT2D eigenvalue weighted by Crippen LogP contribution is 2.11. The minimum atomic E-state index is -0.645. The maximum atomic E-state index is 12.7. The fourth-order valence-electron chi connectivity index (χ4n) is 1.97. The Bertz CT molecular complexity index is 556. The third-order valence-corrected chi connectivity index (χ3v) is 2.89. The lowest BCUT2D eigenvalue weighted by Gasteiger charge is -2.19. The Morgan fingerprint density at radius 3 is 2.71 bits per heavy atom. The van der Waals surface area contributed by atoms with E-state index < -0.39 is 6.10 Å². The van der Waals surface area contributed by atoms with E-state index >= 15 is 0 Å². The molecule has 2 aromatic rings. The molecular formula is C15H19FN2O3. The molecule has 0 aliphatic heterocycles. The van der Waals surface area contributed by atoms with Crippen LogP contribution in [0.15, 0.2) is 34.9 Å². The number of nitrogens with zero attached hydrogens (tertiary/aromatic N) is 2. The second-order valence-electron chi connectivity index (χ2n) is 5.04. The van der Waals surface area contributed by atoms with E-state index in [-0.39, 0.29) is 12.4 Å². The average Bonchev–Trinajstić information content (AvgIpc) is 2.83. The van der Waals surface area contributed by atoms with Crippen molar-refractivity contribution in [1.29, 1.82) is 0 Å². The fourth-order valence-corrected chi connectivity index (χ4v) is 1.97. The van der Waals surface area contributed by atoms with E-state index in [1.54, 1.807) is 0 Å². The normalized spacial score (nSPS) is 12.6. The first-order chi connectivity index (χ1) is 10.0. The maximum Gasteiger partial charge on any atom is 0.133 e. The number of likely N-dealkylation sites (N-methyl/N-ethyl adjacent to an activating group) is 1. The van der Waals surface area contributed by atoms with Gasteiger partial charge < -0.3 is 14.4 Å². The number of aryl methyl sites for hydroxylation is 1. The summed E-state index contributed by atoms with van der Waals surface area (Å²) >= 11 is 0. The fraction of sp³-hybridized carbons (Fsp3) is 0.400. The number of ether oxygens (including phenoxy) is 1. The highest BCUT2D eigenvalue weighted by molar-refractivity contribution is 5.22. The number of hydrogen-bond acceptors (Lipinski definition) is 5. The van der Waals surface area contributed by atoms with E-state index in [0.717, 1.165) is 11.5 Å². The van der Waals surface area contributed by atoms with Crippen LogP contribution in [0.5, 0.6) is 5.75 Å². The molecule has 0 aliphatic rings. The van der Waals surface area contributed by atoms with E-state index in [9.17, 15) is 9.50 Å². The van der Waals surface area contributed by atoms with E-state index in [0.29, 0.717) is 18.8 Å². The molecule has 0 bridgehead atoms. The van der Waals surface area contributed by atoms with Gasteiger partial charge in [0.25, 0.3) is 0 Å². The molecule has 21 heavy (non-hydrogen) atoms. The van der Waals surface area contributed by atoms with Crippen molar-refractivity contribution in [2.24, 2.45) is 0 Å². The van der Waals surface area contributed by atoms with E-state index in [1.165, 1.54) is 24.3 Å². The smallest absolute Gasteiger partial charge is 0.133 e. The molecular weight excluding hydrogens is 275 g/mol. The molecule has 0 saturated heterocycles. The van der Waals surface area contributed by atoms with Crippen molar-refractivity contribution in [3.05, 3.63) is 47.6 Å². The van der Waals surface area contributed by atoms with Crippen LogP contribution < -0.4 is 4.74 Å². The Kier molecular flexibility index (Phi) is 5.30. The van der Waals surface area contributed by atoms with Gasteiger partial charge in [-0.1, -0.05) is 5.16 Å². The van der Waals surface area contributed by atoms with Crippen LogP contribution in [-0.4, -0.2) is 41.5 Å². The number of hydrogen-bond donors (Lipinski definition) is 1. The third-order valence-electron chi connectivity index (χ3n) is 2.89. The zero-order valence-corrected chi connectivity index (χ0v) is 12.1. The summed E-state index contributed by atoms with van der Waals surface area (Å²) < 4.78 is 23.1. The quantitative estimate of drug-likeness (QED) is 0.846. The zero-order valence-electron chi connectivity index (χ0n) is 12.1. The van der Waals surface area contributed by atoms with Crippen LogP contribution in [0.1, 0.15) is 11.5 Å². The molecule has 1 N–H and O–H groups in total. The van der Waals surface area contributed by atoms with Crippen molar-refractivity contribution < 1.29 is 18.8 Å². The van der Waals surface area contributed by atoms with Gasteiger partial charge in [-0.05, 0) is 38.2 Å². The van der Waals surface area contributed by atoms with Gasteiger partial charge in [0.1, 0.15) is 30.0 Å². The SMILES string of the molecule is Cc1cc(CN(C)C[C@@H](O)COc2ccc(F)cc2)no1. The largest absolute Gasteiger partial charge is 0.491 e. The lowest BCUT2D eigenvalue weighted by molar-refractivity contribution is 0.0737. The van der Waals surface area contributed by atoms with Crippen LogP contribution >= 0.6 is 0 Å². The second kappa shape index (κ2) is 7.19. The molecule has 1 aromatic heterocycles. The molecule has 0 amide bonds. The van der Waals surface area contributed by atoms with Crippen LogP contribution in [0.2, 0.25) is 0 Å². The molecule has 0 aliphatic carbocycles. The van der Waals surface area contributed by atoms with E-state index in [1.807, 2.05) is 24.9 Å². The van der Waals surface area contributed by atoms with Crippen LogP contribution in [0.3, 0.4) is 0 Å². The van der Waals surface area contributed by atoms with E-state index in [4.69, 9.17) is 9.26 Å². The van der Waals surface area contributed by atoms with Gasteiger partial charge in [-0.15, -0.1) is 0 Å². The van der Waals surface area contributed by atoms with Crippen molar-refractivity contribution >= 4 is 0 Å². The topological polar surface area (TPSA) is 58.7 Å². The Labute approximate surface area is 122 Å². The van der Waals surface area contributed by atoms with Crippen LogP contribution in [0.25, 0.3) is 0 Å². The van der Waals surface area contributed by atoms with Gasteiger partial charge in [0.2, 0.25) is 0 Å². The standard InChI is InChI=1S/C15H19FN2O3/c1-11-7-13(17-21-11)8-18(2)9-14(19)10-20-15-5-3-12(16)4-6-15/h3-7,14,19H,8-10H2,1-2H3/t14-/m1/s1. The average molecular weight is 294 g/mol. The summed E-state index contributed by atoms with van der Waals surface area (Å²) in [5, 5.41) is 13.8. The molecule has 2 rings (SSSR count). The van der Waals surface area contributed by atoms with Gasteiger partial charge in [-0.2, -0.15) is 0 Å². The Balaban J connectivity index is 1.73. The van der Waals surface area contributed by atoms with Crippen molar-refractivity contribution in [3.63, 3.8) is 0 Å². The predicted octanol–water partition coefficient (Wildman–Crippen LogP) is 1.99. The summed E-state index contributed by atoms with van der Waals surface area (Å²) in [4.78, 5) is 1.93. The molecule has 1 atom stereocenters. The first-order valence-electron chi connectivity index (χ1n) is 6.70. The molecule has 1 heterocycles. The maximum absolute atomic E-state index is 12.7. The van der Waals surface area contributed by atoms with Crippen molar-refractivity contribution in [2.45, 2.75) is 19.6 Å². The summed E-state index contributed by atoms with van der Waals surface area (Å²) in [5.41, 5.74) is 0.821. The zero-order chi connectivity index (χ0) is 15.2. The number of aliphatic hydroxyl groups is 1. The van der Waals surface area contributed by atoms with Crippen LogP contribution in [0, 0.1) is 12.7 Å². The van der Waals surface area contributed by atoms with Gasteiger partial charge >= 0.3 is 0 Å². The number of aliphatic hydroxyl groups excluding tert-OH is 1. The summed E-state index contributed by atoms with van der Waals surface area (Å²) in [6.07, 6.45) is -0.645. The molecule has 1 aromatic carbocycles. The molecule has 114 valence electrons. The van der Waals surface area contributed by atoms with Gasteiger partial charge in [-0.25, -0.2) is 4.39 Å². The highest BCUT2D eigenvalue weighted by Gasteiger charge is 2.11. The number of halogens is 1. The van der Waals surface area contributed by atoms with Gasteiger partial charge in [-0.3, -0.25) is 4.90 Å². The second-order valence-corrected chi connectivity index (χ2v) is 5.04. The van der Waals surface area contributed by atoms with Crippen LogP contribution in [0.4, 0.5) is 4.39 Å². The molecule has 0 fully saturated rings. The summed E-state index contributed by atoms with van der Waals surface area (Å²) in [6.45, 7) is 3.01. The van der Waals surface area contributed by atoms with Gasteiger partial charge in [0.15, 0.2) is 0 Å². The third kappa shape index (κ3) is 5.17. The molecule has 0 radical (unpaired) electrons. The van der Waals surface area contributed by atoms with Crippen molar-refractivity contribution in [2.75, 3.05) is 20.2 Å². The molecule has 0 saturated carbocycles. The Hall–Kier alpha value is -1.92. The van der Waals surface area contributed by atoms with Gasteiger partial charge in [0, 0.05) is 19.2 Å². The van der Waals surface area contributed by atoms with Crippen molar-refractivity contribution in [3.8, 4) is 5.75 Å². The molecule has 0 unspecified atom stereocenters. The molecule has 6 heteroatoms. The molecule has 5 nitrogen and oxygen atoms in total. The minimum Gasteiger partial charge on any atom is -0.491 e. The van der Waals surface area contributed by atoms with Crippen molar-refractivity contribution in [1.82, 2.24) is 10.1 Å². The van der Waals surface area contributed by atoms with Gasteiger partial charge in [0.05, 0.1) is 5.69 Å². The Morgan fingerprint density at radius 1 is 1.38 bits per heavy atom. The number of rotatable bonds is 7. The lowest BCUT2D eigenvalue weighted by Crippen LogP contribution is -2.32. The summed E-state index contributed by atoms with van der Waals surface area (Å²) in [7, 11) is 1.88. The summed E-state index contributed by atoms with van der Waals surface area (Å²) in [6, 6.07) is 7.56. The number of benzene rings is 1. The molecule has 0 spiro atoms. The summed E-state index contributed by atoms with van der Waals surface area (Å²) in [5.74, 6) is 0.981. The van der Waals surface area contributed by atoms with E-state index in [2.05, 4.69) is 5.16 Å². The first-order valence-corrected chi connectivity index (χ1v) is 6.70. The first kappa shape index (κ1) is 15.5. The lowest BCUT2D eigenvalue weighted by atomic mass is 10.3. The minimum absolute atomic E-state index is 0.147. The highest BCUT2D eigenvalue weighted by atomic mass is 19.1.